The van der Waals surface area contributed by atoms with Gasteiger partial charge in [-0.3, -0.25) is 14.3 Å². The van der Waals surface area contributed by atoms with Gasteiger partial charge in [0, 0.05) is 23.9 Å². The van der Waals surface area contributed by atoms with Crippen molar-refractivity contribution in [3.05, 3.63) is 44.3 Å². The van der Waals surface area contributed by atoms with Crippen LogP contribution in [0.15, 0.2) is 40.2 Å². The first-order valence-electron chi connectivity index (χ1n) is 11.1. The second kappa shape index (κ2) is 10.2. The van der Waals surface area contributed by atoms with Gasteiger partial charge < -0.3 is 18.8 Å². The predicted molar refractivity (Wildman–Crippen MR) is 146 cm³/mol. The monoisotopic (exact) mass is 599 g/mol. The molecule has 0 saturated carbocycles. The molecule has 9 nitrogen and oxygen atoms in total. The molecular weight excluding hydrogens is 565 g/mol. The van der Waals surface area contributed by atoms with Crippen LogP contribution in [0.4, 0.5) is 5.95 Å². The van der Waals surface area contributed by atoms with Crippen molar-refractivity contribution in [3.63, 3.8) is 0 Å². The first-order valence-corrected chi connectivity index (χ1v) is 15.1. The van der Waals surface area contributed by atoms with E-state index in [0.717, 1.165) is 9.33 Å². The molecule has 2 aromatic rings. The fourth-order valence-electron chi connectivity index (χ4n) is 3.13. The summed E-state index contributed by atoms with van der Waals surface area (Å²) < 4.78 is 21.3. The molecule has 34 heavy (non-hydrogen) atoms. The van der Waals surface area contributed by atoms with Crippen LogP contribution < -0.4 is 5.56 Å². The van der Waals surface area contributed by atoms with Gasteiger partial charge >= 0.3 is 0 Å². The Morgan fingerprint density at radius 3 is 2.76 bits per heavy atom. The molecule has 0 aromatic carbocycles. The minimum atomic E-state index is -1.98. The molecule has 0 fully saturated rings. The van der Waals surface area contributed by atoms with Gasteiger partial charge in [0.15, 0.2) is 26.0 Å². The second-order valence-electron chi connectivity index (χ2n) is 9.95. The van der Waals surface area contributed by atoms with Crippen LogP contribution in [0.1, 0.15) is 33.4 Å². The van der Waals surface area contributed by atoms with Gasteiger partial charge in [-0.15, -0.1) is 0 Å². The molecule has 1 atom stereocenters. The minimum absolute atomic E-state index is 0.0782. The van der Waals surface area contributed by atoms with E-state index in [4.69, 9.17) is 13.9 Å². The van der Waals surface area contributed by atoms with Gasteiger partial charge in [-0.05, 0) is 40.7 Å². The SMILES string of the molecule is C=CCOC1=C(CO[Si](C)(C)C(C)(C)C)O[C@@H](n2cc(I)c3c(=O)[nH]c(N=CN(C)C)nc32)C1. The van der Waals surface area contributed by atoms with Gasteiger partial charge in [-0.25, -0.2) is 4.99 Å². The number of nitrogens with zero attached hydrogens (tertiary/aromatic N) is 4. The summed E-state index contributed by atoms with van der Waals surface area (Å²) in [6.45, 7) is 15.5. The molecule has 186 valence electrons. The van der Waals surface area contributed by atoms with E-state index in [-0.39, 0.29) is 16.5 Å². The number of aliphatic imine (C=N–C) groups is 1. The summed E-state index contributed by atoms with van der Waals surface area (Å²) in [6.07, 6.45) is 5.25. The first-order chi connectivity index (χ1) is 15.8. The van der Waals surface area contributed by atoms with Crippen molar-refractivity contribution < 1.29 is 13.9 Å². The lowest BCUT2D eigenvalue weighted by Crippen LogP contribution is -2.41. The Balaban J connectivity index is 1.94. The summed E-state index contributed by atoms with van der Waals surface area (Å²) in [5.41, 5.74) is 0.272. The van der Waals surface area contributed by atoms with Crippen LogP contribution in [0.5, 0.6) is 0 Å². The lowest BCUT2D eigenvalue weighted by Gasteiger charge is -2.36. The molecule has 0 radical (unpaired) electrons. The highest BCUT2D eigenvalue weighted by Crippen LogP contribution is 2.40. The van der Waals surface area contributed by atoms with E-state index in [2.05, 4.69) is 78.0 Å². The fourth-order valence-corrected chi connectivity index (χ4v) is 4.84. The number of rotatable bonds is 9. The summed E-state index contributed by atoms with van der Waals surface area (Å²) >= 11 is 2.14. The van der Waals surface area contributed by atoms with Gasteiger partial charge in [-0.2, -0.15) is 4.98 Å². The predicted octanol–water partition coefficient (Wildman–Crippen LogP) is 4.91. The van der Waals surface area contributed by atoms with Crippen molar-refractivity contribution in [1.29, 1.82) is 0 Å². The average Bonchev–Trinajstić information content (AvgIpc) is 3.29. The quantitative estimate of drug-likeness (QED) is 0.145. The molecule has 1 aliphatic heterocycles. The molecule has 0 spiro atoms. The molecule has 3 heterocycles. The number of H-pyrrole nitrogens is 1. The van der Waals surface area contributed by atoms with Gasteiger partial charge in [0.1, 0.15) is 12.4 Å². The van der Waals surface area contributed by atoms with E-state index < -0.39 is 14.5 Å². The average molecular weight is 600 g/mol. The number of nitrogens with one attached hydrogen (secondary N) is 1. The third kappa shape index (κ3) is 5.74. The highest BCUT2D eigenvalue weighted by molar-refractivity contribution is 14.1. The van der Waals surface area contributed by atoms with Crippen LogP contribution in [0.3, 0.4) is 0 Å². The zero-order chi connectivity index (χ0) is 25.3. The Hall–Kier alpha value is -2.12. The number of fused-ring (bicyclic) bond motifs is 1. The number of hydrogen-bond acceptors (Lipinski definition) is 6. The van der Waals surface area contributed by atoms with Gasteiger partial charge in [-0.1, -0.05) is 33.4 Å². The normalized spacial score (nSPS) is 17.0. The topological polar surface area (TPSA) is 94.0 Å². The van der Waals surface area contributed by atoms with Crippen molar-refractivity contribution in [2.24, 2.45) is 4.99 Å². The van der Waals surface area contributed by atoms with Crippen molar-refractivity contribution in [2.75, 3.05) is 27.3 Å². The van der Waals surface area contributed by atoms with Crippen LogP contribution in [-0.2, 0) is 13.9 Å². The van der Waals surface area contributed by atoms with Crippen LogP contribution in [0.25, 0.3) is 11.0 Å². The zero-order valence-electron chi connectivity index (χ0n) is 20.9. The molecule has 0 aliphatic carbocycles. The maximum Gasteiger partial charge on any atom is 0.262 e. The van der Waals surface area contributed by atoms with Gasteiger partial charge in [0.05, 0.1) is 24.8 Å². The molecule has 0 unspecified atom stereocenters. The summed E-state index contributed by atoms with van der Waals surface area (Å²) in [7, 11) is 1.72. The molecule has 0 saturated heterocycles. The maximum absolute atomic E-state index is 12.8. The number of ether oxygens (including phenoxy) is 2. The van der Waals surface area contributed by atoms with E-state index in [1.54, 1.807) is 17.3 Å². The second-order valence-corrected chi connectivity index (χ2v) is 15.9. The minimum Gasteiger partial charge on any atom is -0.490 e. The largest absolute Gasteiger partial charge is 0.490 e. The van der Waals surface area contributed by atoms with Gasteiger partial charge in [0.2, 0.25) is 5.95 Å². The van der Waals surface area contributed by atoms with E-state index in [9.17, 15) is 4.79 Å². The van der Waals surface area contributed by atoms with Crippen molar-refractivity contribution in [2.45, 2.75) is 51.6 Å². The standard InChI is InChI=1S/C23H34IN5O4Si/c1-9-10-31-16-11-18(33-17(16)13-32-34(7,8)23(2,3)4)29-12-15(24)19-20(29)26-22(27-21(19)30)25-14-28(5)6/h9,12,14,18H,1,10-11,13H2,2-8H3,(H,26,27,30)/t18-/m1/s1. The third-order valence-electron chi connectivity index (χ3n) is 6.04. The highest BCUT2D eigenvalue weighted by atomic mass is 127. The summed E-state index contributed by atoms with van der Waals surface area (Å²) in [4.78, 5) is 26.1. The molecular formula is C23H34IN5O4Si. The Kier molecular flexibility index (Phi) is 7.98. The summed E-state index contributed by atoms with van der Waals surface area (Å²) in [5.74, 6) is 1.64. The molecule has 2 aromatic heterocycles. The van der Waals surface area contributed by atoms with Crippen LogP contribution >= 0.6 is 22.6 Å². The lowest BCUT2D eigenvalue weighted by atomic mass is 10.2. The fraction of sp³-hybridized carbons (Fsp3) is 0.522. The summed E-state index contributed by atoms with van der Waals surface area (Å²) in [5, 5.41) is 0.585. The molecule has 0 amide bonds. The van der Waals surface area contributed by atoms with Crippen LogP contribution in [0.2, 0.25) is 18.1 Å². The summed E-state index contributed by atoms with van der Waals surface area (Å²) in [6, 6.07) is 0. The highest BCUT2D eigenvalue weighted by Gasteiger charge is 2.39. The molecule has 1 aliphatic rings. The number of hydrogen-bond donors (Lipinski definition) is 1. The van der Waals surface area contributed by atoms with E-state index in [1.807, 2.05) is 24.9 Å². The molecule has 1 N–H and O–H groups in total. The van der Waals surface area contributed by atoms with E-state index in [0.29, 0.717) is 36.4 Å². The van der Waals surface area contributed by atoms with Crippen molar-refractivity contribution >= 4 is 54.2 Å². The van der Waals surface area contributed by atoms with Crippen molar-refractivity contribution in [1.82, 2.24) is 19.4 Å². The first kappa shape index (κ1) is 26.5. The number of halogens is 1. The molecule has 11 heteroatoms. The van der Waals surface area contributed by atoms with Gasteiger partial charge in [0.25, 0.3) is 5.56 Å². The Bertz CT molecular complexity index is 1180. The van der Waals surface area contributed by atoms with Crippen LogP contribution in [-0.4, -0.2) is 61.4 Å². The van der Waals surface area contributed by atoms with E-state index in [1.165, 1.54) is 0 Å². The Morgan fingerprint density at radius 2 is 2.15 bits per heavy atom. The smallest absolute Gasteiger partial charge is 0.262 e. The van der Waals surface area contributed by atoms with Crippen LogP contribution in [0, 0.1) is 3.57 Å². The van der Waals surface area contributed by atoms with Crippen molar-refractivity contribution in [3.8, 4) is 0 Å². The number of aromatic amines is 1. The lowest BCUT2D eigenvalue weighted by molar-refractivity contribution is 0.0674. The third-order valence-corrected chi connectivity index (χ3v) is 11.3. The zero-order valence-corrected chi connectivity index (χ0v) is 24.1. The van der Waals surface area contributed by atoms with E-state index >= 15 is 0 Å². The Morgan fingerprint density at radius 1 is 1.44 bits per heavy atom. The molecule has 3 rings (SSSR count). The Labute approximate surface area is 215 Å². The maximum atomic E-state index is 12.8. The molecule has 0 bridgehead atoms. The number of aromatic nitrogens is 3.